The van der Waals surface area contributed by atoms with E-state index < -0.39 is 24.9 Å². The topological polar surface area (TPSA) is 58.6 Å². The average molecular weight is 254 g/mol. The van der Waals surface area contributed by atoms with Gasteiger partial charge in [-0.15, -0.1) is 0 Å². The number of alkyl carbamates (subject to hydrolysis) is 1. The molecule has 3 amide bonds. The number of carbonyl (C=O) groups excluding carboxylic acids is 2. The van der Waals surface area contributed by atoms with Crippen molar-refractivity contribution in [2.24, 2.45) is 0 Å². The molecule has 1 heterocycles. The van der Waals surface area contributed by atoms with Gasteiger partial charge in [-0.05, 0) is 19.8 Å². The number of hydrogen-bond acceptors (Lipinski definition) is 3. The first-order valence-electron chi connectivity index (χ1n) is 5.11. The molecule has 0 radical (unpaired) electrons. The number of nitrogens with one attached hydrogen (secondary N) is 1. The number of halogens is 3. The minimum absolute atomic E-state index is 0.0228. The fraction of sp³-hybridized carbons (Fsp3) is 0.778. The van der Waals surface area contributed by atoms with E-state index >= 15 is 0 Å². The molecule has 1 N–H and O–H groups in total. The monoisotopic (exact) mass is 254 g/mol. The van der Waals surface area contributed by atoms with Crippen molar-refractivity contribution in [1.29, 1.82) is 0 Å². The summed E-state index contributed by atoms with van der Waals surface area (Å²) < 4.78 is 39.0. The van der Waals surface area contributed by atoms with Crippen molar-refractivity contribution in [3.05, 3.63) is 0 Å². The van der Waals surface area contributed by atoms with Gasteiger partial charge in [-0.1, -0.05) is 0 Å². The van der Waals surface area contributed by atoms with Crippen LogP contribution in [0.5, 0.6) is 0 Å². The van der Waals surface area contributed by atoms with Crippen molar-refractivity contribution in [2.45, 2.75) is 32.0 Å². The van der Waals surface area contributed by atoms with Crippen LogP contribution in [0.2, 0.25) is 0 Å². The number of imide groups is 1. The third-order valence-electron chi connectivity index (χ3n) is 2.39. The lowest BCUT2D eigenvalue weighted by Crippen LogP contribution is -2.45. The lowest BCUT2D eigenvalue weighted by Gasteiger charge is -2.21. The minimum Gasteiger partial charge on any atom is -0.440 e. The first kappa shape index (κ1) is 13.6. The SMILES string of the molecule is C[C@@H]1CCCN1C(=O)NC(=O)OCC(F)(F)F. The second-order valence-electron chi connectivity index (χ2n) is 3.81. The van der Waals surface area contributed by atoms with E-state index in [-0.39, 0.29) is 6.04 Å². The van der Waals surface area contributed by atoms with E-state index in [2.05, 4.69) is 4.74 Å². The van der Waals surface area contributed by atoms with Crippen LogP contribution in [0.1, 0.15) is 19.8 Å². The predicted octanol–water partition coefficient (Wildman–Crippen LogP) is 1.88. The van der Waals surface area contributed by atoms with Crippen molar-refractivity contribution >= 4 is 12.1 Å². The van der Waals surface area contributed by atoms with Crippen LogP contribution >= 0.6 is 0 Å². The average Bonchev–Trinajstić information content (AvgIpc) is 2.60. The third kappa shape index (κ3) is 4.49. The normalized spacial score (nSPS) is 20.2. The Morgan fingerprint density at radius 3 is 2.59 bits per heavy atom. The van der Waals surface area contributed by atoms with Gasteiger partial charge in [-0.2, -0.15) is 13.2 Å². The summed E-state index contributed by atoms with van der Waals surface area (Å²) >= 11 is 0. The van der Waals surface area contributed by atoms with Gasteiger partial charge in [0.05, 0.1) is 0 Å². The van der Waals surface area contributed by atoms with Gasteiger partial charge in [0.15, 0.2) is 6.61 Å². The maximum Gasteiger partial charge on any atom is 0.422 e. The van der Waals surface area contributed by atoms with E-state index in [1.165, 1.54) is 4.90 Å². The molecule has 0 saturated carbocycles. The van der Waals surface area contributed by atoms with Gasteiger partial charge in [0.1, 0.15) is 0 Å². The number of rotatable bonds is 1. The van der Waals surface area contributed by atoms with E-state index in [0.717, 1.165) is 12.8 Å². The van der Waals surface area contributed by atoms with Gasteiger partial charge in [0, 0.05) is 12.6 Å². The standard InChI is InChI=1S/C9H13F3N2O3/c1-6-3-2-4-14(6)7(15)13-8(16)17-5-9(10,11)12/h6H,2-5H2,1H3,(H,13,15,16)/t6-/m1/s1. The van der Waals surface area contributed by atoms with Gasteiger partial charge < -0.3 is 9.64 Å². The molecule has 8 heteroatoms. The van der Waals surface area contributed by atoms with Crippen LogP contribution in [0.25, 0.3) is 0 Å². The molecular weight excluding hydrogens is 241 g/mol. The molecule has 1 fully saturated rings. The number of amides is 3. The molecule has 98 valence electrons. The fourth-order valence-electron chi connectivity index (χ4n) is 1.58. The van der Waals surface area contributed by atoms with Crippen molar-refractivity contribution in [1.82, 2.24) is 10.2 Å². The quantitative estimate of drug-likeness (QED) is 0.777. The molecular formula is C9H13F3N2O3. The lowest BCUT2D eigenvalue weighted by atomic mass is 10.2. The lowest BCUT2D eigenvalue weighted by molar-refractivity contribution is -0.160. The smallest absolute Gasteiger partial charge is 0.422 e. The third-order valence-corrected chi connectivity index (χ3v) is 2.39. The summed E-state index contributed by atoms with van der Waals surface area (Å²) in [5.41, 5.74) is 0. The van der Waals surface area contributed by atoms with Crippen molar-refractivity contribution in [3.8, 4) is 0 Å². The zero-order valence-corrected chi connectivity index (χ0v) is 9.21. The van der Waals surface area contributed by atoms with Crippen LogP contribution in [0, 0.1) is 0 Å². The van der Waals surface area contributed by atoms with Crippen molar-refractivity contribution < 1.29 is 27.5 Å². The molecule has 1 atom stereocenters. The molecule has 0 bridgehead atoms. The Bertz CT molecular complexity index is 306. The molecule has 0 aromatic heterocycles. The van der Waals surface area contributed by atoms with Crippen molar-refractivity contribution in [3.63, 3.8) is 0 Å². The Morgan fingerprint density at radius 1 is 1.47 bits per heavy atom. The fourth-order valence-corrected chi connectivity index (χ4v) is 1.58. The molecule has 0 aliphatic carbocycles. The minimum atomic E-state index is -4.60. The Kier molecular flexibility index (Phi) is 4.19. The molecule has 1 aliphatic rings. The number of alkyl halides is 3. The maximum atomic E-state index is 11.7. The highest BCUT2D eigenvalue weighted by Crippen LogP contribution is 2.16. The number of nitrogens with zero attached hydrogens (tertiary/aromatic N) is 1. The number of hydrogen-bond donors (Lipinski definition) is 1. The van der Waals surface area contributed by atoms with Crippen LogP contribution in [-0.2, 0) is 4.74 Å². The van der Waals surface area contributed by atoms with Crippen LogP contribution < -0.4 is 5.32 Å². The van der Waals surface area contributed by atoms with Gasteiger partial charge in [0.25, 0.3) is 0 Å². The van der Waals surface area contributed by atoms with Gasteiger partial charge in [-0.25, -0.2) is 14.9 Å². The summed E-state index contributed by atoms with van der Waals surface area (Å²) in [4.78, 5) is 23.7. The van der Waals surface area contributed by atoms with Crippen LogP contribution in [0.15, 0.2) is 0 Å². The van der Waals surface area contributed by atoms with E-state index in [9.17, 15) is 22.8 Å². The number of likely N-dealkylation sites (tertiary alicyclic amines) is 1. The van der Waals surface area contributed by atoms with Gasteiger partial charge in [0.2, 0.25) is 0 Å². The summed E-state index contributed by atoms with van der Waals surface area (Å²) in [6.45, 7) is 0.578. The van der Waals surface area contributed by atoms with Gasteiger partial charge >= 0.3 is 18.3 Å². The molecule has 0 unspecified atom stereocenters. The zero-order chi connectivity index (χ0) is 13.1. The largest absolute Gasteiger partial charge is 0.440 e. The molecule has 0 aromatic carbocycles. The molecule has 1 rings (SSSR count). The Labute approximate surface area is 95.9 Å². The second-order valence-corrected chi connectivity index (χ2v) is 3.81. The first-order valence-corrected chi connectivity index (χ1v) is 5.11. The van der Waals surface area contributed by atoms with Crippen LogP contribution in [-0.4, -0.2) is 42.4 Å². The van der Waals surface area contributed by atoms with Crippen LogP contribution in [0.4, 0.5) is 22.8 Å². The number of urea groups is 1. The molecule has 1 aliphatic heterocycles. The molecule has 0 spiro atoms. The zero-order valence-electron chi connectivity index (χ0n) is 9.21. The maximum absolute atomic E-state index is 11.7. The molecule has 5 nitrogen and oxygen atoms in total. The summed E-state index contributed by atoms with van der Waals surface area (Å²) in [5, 5.41) is 1.75. The Hall–Kier alpha value is -1.47. The van der Waals surface area contributed by atoms with Gasteiger partial charge in [-0.3, -0.25) is 0 Å². The van der Waals surface area contributed by atoms with E-state index in [0.29, 0.717) is 6.54 Å². The van der Waals surface area contributed by atoms with E-state index in [4.69, 9.17) is 0 Å². The summed E-state index contributed by atoms with van der Waals surface area (Å²) in [5.74, 6) is 0. The predicted molar refractivity (Wildman–Crippen MR) is 51.3 cm³/mol. The number of carbonyl (C=O) groups is 2. The van der Waals surface area contributed by atoms with Crippen molar-refractivity contribution in [2.75, 3.05) is 13.2 Å². The summed E-state index contributed by atoms with van der Waals surface area (Å²) in [7, 11) is 0. The highest BCUT2D eigenvalue weighted by molar-refractivity contribution is 5.90. The van der Waals surface area contributed by atoms with Crippen LogP contribution in [0.3, 0.4) is 0 Å². The first-order chi connectivity index (χ1) is 7.79. The highest BCUT2D eigenvalue weighted by Gasteiger charge is 2.31. The Balaban J connectivity index is 2.33. The Morgan fingerprint density at radius 2 is 2.12 bits per heavy atom. The van der Waals surface area contributed by atoms with E-state index in [1.807, 2.05) is 0 Å². The highest BCUT2D eigenvalue weighted by atomic mass is 19.4. The van der Waals surface area contributed by atoms with E-state index in [1.54, 1.807) is 12.2 Å². The summed E-state index contributed by atoms with van der Waals surface area (Å²) in [6, 6.07) is -0.743. The molecule has 17 heavy (non-hydrogen) atoms. The second kappa shape index (κ2) is 5.24. The summed E-state index contributed by atoms with van der Waals surface area (Å²) in [6.07, 6.45) is -4.36. The number of ether oxygens (including phenoxy) is 1. The molecule has 1 saturated heterocycles. The molecule has 0 aromatic rings.